The molecule has 0 radical (unpaired) electrons. The highest BCUT2D eigenvalue weighted by Crippen LogP contribution is 2.30. The zero-order valence-corrected chi connectivity index (χ0v) is 18.1. The van der Waals surface area contributed by atoms with Crippen LogP contribution in [-0.2, 0) is 6.42 Å². The van der Waals surface area contributed by atoms with E-state index in [1.807, 2.05) is 18.2 Å². The Morgan fingerprint density at radius 3 is 2.62 bits per heavy atom. The van der Waals surface area contributed by atoms with Crippen molar-refractivity contribution in [3.8, 4) is 17.0 Å². The first kappa shape index (κ1) is 19.6. The molecule has 0 N–H and O–H groups in total. The Kier molecular flexibility index (Phi) is 5.95. The fourth-order valence-corrected chi connectivity index (χ4v) is 4.56. The Morgan fingerprint density at radius 2 is 1.83 bits per heavy atom. The molecule has 0 amide bonds. The van der Waals surface area contributed by atoms with Crippen molar-refractivity contribution >= 4 is 17.0 Å². The summed E-state index contributed by atoms with van der Waals surface area (Å²) in [5.74, 6) is 0.859. The first-order valence-corrected chi connectivity index (χ1v) is 11.1. The number of aromatic nitrogens is 3. The highest BCUT2D eigenvalue weighted by atomic mass is 32.1. The predicted molar refractivity (Wildman–Crippen MR) is 120 cm³/mol. The van der Waals surface area contributed by atoms with Gasteiger partial charge in [0.05, 0.1) is 28.7 Å². The SMILES string of the molecule is CCCCCOc1cccn2c(Cc3nc(-c4ccccc4)c(C)s3)c(C)nc12. The number of rotatable bonds is 8. The van der Waals surface area contributed by atoms with Crippen LogP contribution in [-0.4, -0.2) is 21.0 Å². The molecule has 150 valence electrons. The van der Waals surface area contributed by atoms with E-state index in [1.165, 1.54) is 29.0 Å². The lowest BCUT2D eigenvalue weighted by atomic mass is 10.1. The second kappa shape index (κ2) is 8.78. The van der Waals surface area contributed by atoms with E-state index in [-0.39, 0.29) is 0 Å². The number of fused-ring (bicyclic) bond motifs is 1. The van der Waals surface area contributed by atoms with Crippen LogP contribution in [0.2, 0.25) is 0 Å². The van der Waals surface area contributed by atoms with Gasteiger partial charge in [0.15, 0.2) is 11.4 Å². The number of thiazole rings is 1. The first-order chi connectivity index (χ1) is 14.2. The van der Waals surface area contributed by atoms with Gasteiger partial charge in [-0.1, -0.05) is 50.1 Å². The van der Waals surface area contributed by atoms with Gasteiger partial charge in [0.2, 0.25) is 0 Å². The minimum atomic E-state index is 0.737. The average Bonchev–Trinajstić information content (AvgIpc) is 3.26. The van der Waals surface area contributed by atoms with Crippen LogP contribution in [0.1, 0.15) is 47.5 Å². The second-order valence-corrected chi connectivity index (χ2v) is 8.61. The number of hydrogen-bond donors (Lipinski definition) is 0. The summed E-state index contributed by atoms with van der Waals surface area (Å²) in [6.45, 7) is 7.16. The van der Waals surface area contributed by atoms with Crippen LogP contribution in [0.4, 0.5) is 0 Å². The molecule has 0 spiro atoms. The van der Waals surface area contributed by atoms with Crippen molar-refractivity contribution in [2.45, 2.75) is 46.5 Å². The van der Waals surface area contributed by atoms with Gasteiger partial charge < -0.3 is 9.14 Å². The van der Waals surface area contributed by atoms with Crippen molar-refractivity contribution in [2.75, 3.05) is 6.61 Å². The van der Waals surface area contributed by atoms with Crippen LogP contribution in [0, 0.1) is 13.8 Å². The third kappa shape index (κ3) is 4.20. The Morgan fingerprint density at radius 1 is 1.00 bits per heavy atom. The highest BCUT2D eigenvalue weighted by Gasteiger charge is 2.16. The third-order valence-electron chi connectivity index (χ3n) is 5.13. The third-order valence-corrected chi connectivity index (χ3v) is 6.10. The van der Waals surface area contributed by atoms with Gasteiger partial charge in [-0.25, -0.2) is 9.97 Å². The molecular weight excluding hydrogens is 378 g/mol. The molecule has 1 aromatic carbocycles. The van der Waals surface area contributed by atoms with Crippen LogP contribution in [0.5, 0.6) is 5.75 Å². The monoisotopic (exact) mass is 405 g/mol. The van der Waals surface area contributed by atoms with Crippen molar-refractivity contribution in [1.29, 1.82) is 0 Å². The van der Waals surface area contributed by atoms with E-state index in [1.54, 1.807) is 11.3 Å². The molecule has 0 aliphatic rings. The Bertz CT molecular complexity index is 1100. The fraction of sp³-hybridized carbons (Fsp3) is 0.333. The average molecular weight is 406 g/mol. The molecule has 29 heavy (non-hydrogen) atoms. The fourth-order valence-electron chi connectivity index (χ4n) is 3.60. The zero-order valence-electron chi connectivity index (χ0n) is 17.3. The van der Waals surface area contributed by atoms with Gasteiger partial charge in [0, 0.05) is 23.1 Å². The van der Waals surface area contributed by atoms with Crippen molar-refractivity contribution in [1.82, 2.24) is 14.4 Å². The molecule has 3 heterocycles. The molecule has 0 saturated carbocycles. The minimum Gasteiger partial charge on any atom is -0.490 e. The molecule has 0 atom stereocenters. The maximum Gasteiger partial charge on any atom is 0.180 e. The molecule has 0 fully saturated rings. The number of pyridine rings is 1. The number of imidazole rings is 1. The van der Waals surface area contributed by atoms with E-state index < -0.39 is 0 Å². The van der Waals surface area contributed by atoms with Gasteiger partial charge in [0.25, 0.3) is 0 Å². The molecule has 0 bridgehead atoms. The maximum atomic E-state index is 6.02. The van der Waals surface area contributed by atoms with Gasteiger partial charge >= 0.3 is 0 Å². The summed E-state index contributed by atoms with van der Waals surface area (Å²) in [4.78, 5) is 11.0. The van der Waals surface area contributed by atoms with Crippen LogP contribution in [0.3, 0.4) is 0 Å². The number of nitrogens with zero attached hydrogens (tertiary/aromatic N) is 3. The summed E-state index contributed by atoms with van der Waals surface area (Å²) >= 11 is 1.76. The molecule has 4 aromatic rings. The van der Waals surface area contributed by atoms with Gasteiger partial charge in [-0.2, -0.15) is 0 Å². The number of ether oxygens (including phenoxy) is 1. The summed E-state index contributed by atoms with van der Waals surface area (Å²) in [6.07, 6.45) is 6.30. The lowest BCUT2D eigenvalue weighted by Crippen LogP contribution is -2.00. The molecule has 4 rings (SSSR count). The largest absolute Gasteiger partial charge is 0.490 e. The number of hydrogen-bond acceptors (Lipinski definition) is 4. The highest BCUT2D eigenvalue weighted by molar-refractivity contribution is 7.12. The van der Waals surface area contributed by atoms with Crippen LogP contribution in [0.25, 0.3) is 16.9 Å². The Hall–Kier alpha value is -2.66. The van der Waals surface area contributed by atoms with Gasteiger partial charge in [0.1, 0.15) is 0 Å². The van der Waals surface area contributed by atoms with Crippen molar-refractivity contribution in [3.05, 3.63) is 69.9 Å². The standard InChI is InChI=1S/C24H27N3OS/c1-4-5-9-15-28-21-13-10-14-27-20(17(2)25-24(21)27)16-22-26-23(18(3)29-22)19-11-7-6-8-12-19/h6-8,10-14H,4-5,9,15-16H2,1-3H3. The summed E-state index contributed by atoms with van der Waals surface area (Å²) in [5, 5.41) is 1.11. The molecule has 0 unspecified atom stereocenters. The molecule has 4 nitrogen and oxygen atoms in total. The molecule has 3 aromatic heterocycles. The summed E-state index contributed by atoms with van der Waals surface area (Å²) < 4.78 is 8.18. The maximum absolute atomic E-state index is 6.02. The summed E-state index contributed by atoms with van der Waals surface area (Å²) in [5.41, 5.74) is 5.35. The van der Waals surface area contributed by atoms with E-state index in [9.17, 15) is 0 Å². The Balaban J connectivity index is 1.61. The normalized spacial score (nSPS) is 11.3. The first-order valence-electron chi connectivity index (χ1n) is 10.3. The van der Waals surface area contributed by atoms with Gasteiger partial charge in [-0.3, -0.25) is 0 Å². The minimum absolute atomic E-state index is 0.737. The Labute approximate surface area is 176 Å². The molecule has 5 heteroatoms. The van der Waals surface area contributed by atoms with Gasteiger partial charge in [-0.15, -0.1) is 11.3 Å². The molecule has 0 aliphatic heterocycles. The van der Waals surface area contributed by atoms with Crippen molar-refractivity contribution in [2.24, 2.45) is 0 Å². The lowest BCUT2D eigenvalue weighted by Gasteiger charge is -2.07. The smallest absolute Gasteiger partial charge is 0.180 e. The lowest BCUT2D eigenvalue weighted by molar-refractivity contribution is 0.308. The topological polar surface area (TPSA) is 39.4 Å². The van der Waals surface area contributed by atoms with E-state index in [0.717, 1.165) is 47.2 Å². The van der Waals surface area contributed by atoms with E-state index in [2.05, 4.69) is 55.6 Å². The molecule has 0 aliphatic carbocycles. The van der Waals surface area contributed by atoms with E-state index in [4.69, 9.17) is 14.7 Å². The second-order valence-electron chi connectivity index (χ2n) is 7.32. The number of benzene rings is 1. The number of aryl methyl sites for hydroxylation is 2. The summed E-state index contributed by atoms with van der Waals surface area (Å²) in [6, 6.07) is 14.4. The van der Waals surface area contributed by atoms with Crippen molar-refractivity contribution in [3.63, 3.8) is 0 Å². The quantitative estimate of drug-likeness (QED) is 0.326. The predicted octanol–water partition coefficient (Wildman–Crippen LogP) is 6.23. The van der Waals surface area contributed by atoms with Crippen molar-refractivity contribution < 1.29 is 4.74 Å². The van der Waals surface area contributed by atoms with E-state index >= 15 is 0 Å². The molecular formula is C24H27N3OS. The number of unbranched alkanes of at least 4 members (excludes halogenated alkanes) is 2. The van der Waals surface area contributed by atoms with Crippen LogP contribution >= 0.6 is 11.3 Å². The van der Waals surface area contributed by atoms with Crippen LogP contribution < -0.4 is 4.74 Å². The van der Waals surface area contributed by atoms with E-state index in [0.29, 0.717) is 0 Å². The summed E-state index contributed by atoms with van der Waals surface area (Å²) in [7, 11) is 0. The van der Waals surface area contributed by atoms with Crippen LogP contribution in [0.15, 0.2) is 48.7 Å². The zero-order chi connectivity index (χ0) is 20.2. The molecule has 0 saturated heterocycles. The van der Waals surface area contributed by atoms with Gasteiger partial charge in [-0.05, 0) is 32.4 Å².